The minimum absolute atomic E-state index is 0.0478. The van der Waals surface area contributed by atoms with Crippen molar-refractivity contribution in [1.82, 2.24) is 10.6 Å². The number of benzene rings is 2. The van der Waals surface area contributed by atoms with Crippen LogP contribution in [0.3, 0.4) is 0 Å². The van der Waals surface area contributed by atoms with Gasteiger partial charge in [0.15, 0.2) is 11.5 Å². The number of likely N-dealkylation sites (N-methyl/N-ethyl adjacent to an activating group) is 1. The fourth-order valence-corrected chi connectivity index (χ4v) is 2.34. The Hall–Kier alpha value is -2.53. The second-order valence-electron chi connectivity index (χ2n) is 5.50. The zero-order valence-electron chi connectivity index (χ0n) is 14.3. The standard InChI is InChI=1S/C19H24N2O3/c1-14(21-19(22)12-20-2)16-9-10-17(18(11-16)23-3)24-13-15-7-5-4-6-8-15/h4-11,14,20H,12-13H2,1-3H3,(H,21,22). The van der Waals surface area contributed by atoms with Crippen molar-refractivity contribution in [3.8, 4) is 11.5 Å². The molecule has 2 aromatic rings. The molecular weight excluding hydrogens is 304 g/mol. The van der Waals surface area contributed by atoms with Gasteiger partial charge in [0.2, 0.25) is 5.91 Å². The maximum Gasteiger partial charge on any atom is 0.234 e. The lowest BCUT2D eigenvalue weighted by atomic mass is 10.1. The molecule has 0 aliphatic rings. The summed E-state index contributed by atoms with van der Waals surface area (Å²) in [5.74, 6) is 1.28. The molecule has 24 heavy (non-hydrogen) atoms. The second-order valence-corrected chi connectivity index (χ2v) is 5.50. The number of ether oxygens (including phenoxy) is 2. The predicted octanol–water partition coefficient (Wildman–Crippen LogP) is 2.67. The Morgan fingerprint density at radius 3 is 2.54 bits per heavy atom. The van der Waals surface area contributed by atoms with E-state index in [9.17, 15) is 4.79 Å². The normalized spacial score (nSPS) is 11.6. The Kier molecular flexibility index (Phi) is 6.63. The van der Waals surface area contributed by atoms with E-state index in [0.29, 0.717) is 24.7 Å². The molecule has 1 atom stereocenters. The van der Waals surface area contributed by atoms with E-state index in [1.807, 2.05) is 55.5 Å². The minimum atomic E-state index is -0.108. The minimum Gasteiger partial charge on any atom is -0.493 e. The molecule has 0 spiro atoms. The van der Waals surface area contributed by atoms with Gasteiger partial charge in [-0.05, 0) is 37.2 Å². The van der Waals surface area contributed by atoms with Crippen LogP contribution in [-0.4, -0.2) is 26.6 Å². The van der Waals surface area contributed by atoms with E-state index in [2.05, 4.69) is 10.6 Å². The lowest BCUT2D eigenvalue weighted by Gasteiger charge is -2.17. The zero-order chi connectivity index (χ0) is 17.4. The number of carbonyl (C=O) groups is 1. The van der Waals surface area contributed by atoms with Crippen LogP contribution in [0.5, 0.6) is 11.5 Å². The van der Waals surface area contributed by atoms with Gasteiger partial charge in [-0.2, -0.15) is 0 Å². The van der Waals surface area contributed by atoms with E-state index >= 15 is 0 Å². The SMILES string of the molecule is CNCC(=O)NC(C)c1ccc(OCc2ccccc2)c(OC)c1. The highest BCUT2D eigenvalue weighted by Crippen LogP contribution is 2.30. The van der Waals surface area contributed by atoms with E-state index in [1.54, 1.807) is 14.2 Å². The number of rotatable bonds is 8. The molecule has 5 nitrogen and oxygen atoms in total. The van der Waals surface area contributed by atoms with Crippen LogP contribution in [0.25, 0.3) is 0 Å². The van der Waals surface area contributed by atoms with Crippen LogP contribution in [-0.2, 0) is 11.4 Å². The Bertz CT molecular complexity index is 659. The number of amides is 1. The summed E-state index contributed by atoms with van der Waals surface area (Å²) in [6.45, 7) is 2.71. The highest BCUT2D eigenvalue weighted by atomic mass is 16.5. The summed E-state index contributed by atoms with van der Waals surface area (Å²) in [4.78, 5) is 11.7. The topological polar surface area (TPSA) is 59.6 Å². The Balaban J connectivity index is 2.05. The molecule has 0 saturated carbocycles. The summed E-state index contributed by atoms with van der Waals surface area (Å²) in [6, 6.07) is 15.6. The Morgan fingerprint density at radius 1 is 1.12 bits per heavy atom. The third-order valence-corrected chi connectivity index (χ3v) is 3.64. The van der Waals surface area contributed by atoms with Gasteiger partial charge < -0.3 is 20.1 Å². The third kappa shape index (κ3) is 4.99. The quantitative estimate of drug-likeness (QED) is 0.782. The molecule has 128 valence electrons. The highest BCUT2D eigenvalue weighted by Gasteiger charge is 2.12. The monoisotopic (exact) mass is 328 g/mol. The molecule has 0 fully saturated rings. The predicted molar refractivity (Wildman–Crippen MR) is 94.3 cm³/mol. The smallest absolute Gasteiger partial charge is 0.234 e. The Morgan fingerprint density at radius 2 is 1.88 bits per heavy atom. The lowest BCUT2D eigenvalue weighted by molar-refractivity contribution is -0.120. The largest absolute Gasteiger partial charge is 0.493 e. The van der Waals surface area contributed by atoms with Crippen LogP contribution in [0.4, 0.5) is 0 Å². The number of nitrogens with one attached hydrogen (secondary N) is 2. The first-order chi connectivity index (χ1) is 11.6. The molecule has 2 rings (SSSR count). The van der Waals surface area contributed by atoms with Crippen LogP contribution >= 0.6 is 0 Å². The van der Waals surface area contributed by atoms with Crippen molar-refractivity contribution in [1.29, 1.82) is 0 Å². The van der Waals surface area contributed by atoms with Crippen molar-refractivity contribution in [3.63, 3.8) is 0 Å². The molecule has 0 aliphatic carbocycles. The summed E-state index contributed by atoms with van der Waals surface area (Å²) < 4.78 is 11.3. The molecule has 1 amide bonds. The van der Waals surface area contributed by atoms with Crippen LogP contribution < -0.4 is 20.1 Å². The van der Waals surface area contributed by atoms with Crippen molar-refractivity contribution in [2.45, 2.75) is 19.6 Å². The maximum absolute atomic E-state index is 11.7. The average molecular weight is 328 g/mol. The molecule has 5 heteroatoms. The lowest BCUT2D eigenvalue weighted by Crippen LogP contribution is -2.33. The molecule has 2 N–H and O–H groups in total. The van der Waals surface area contributed by atoms with E-state index in [4.69, 9.17) is 9.47 Å². The van der Waals surface area contributed by atoms with Crippen LogP contribution in [0.2, 0.25) is 0 Å². The molecule has 2 aromatic carbocycles. The van der Waals surface area contributed by atoms with Crippen molar-refractivity contribution in [2.24, 2.45) is 0 Å². The van der Waals surface area contributed by atoms with Gasteiger partial charge >= 0.3 is 0 Å². The summed E-state index contributed by atoms with van der Waals surface area (Å²) >= 11 is 0. The Labute approximate surface area is 143 Å². The van der Waals surface area contributed by atoms with Crippen molar-refractivity contribution >= 4 is 5.91 Å². The third-order valence-electron chi connectivity index (χ3n) is 3.64. The average Bonchev–Trinajstić information content (AvgIpc) is 2.60. The van der Waals surface area contributed by atoms with E-state index in [-0.39, 0.29) is 11.9 Å². The molecule has 0 aromatic heterocycles. The second kappa shape index (κ2) is 8.93. The van der Waals surface area contributed by atoms with Gasteiger partial charge in [0.25, 0.3) is 0 Å². The van der Waals surface area contributed by atoms with Gasteiger partial charge in [0, 0.05) is 0 Å². The maximum atomic E-state index is 11.7. The fraction of sp³-hybridized carbons (Fsp3) is 0.316. The van der Waals surface area contributed by atoms with E-state index < -0.39 is 0 Å². The van der Waals surface area contributed by atoms with Crippen molar-refractivity contribution < 1.29 is 14.3 Å². The summed E-state index contributed by atoms with van der Waals surface area (Å²) in [6.07, 6.45) is 0. The number of hydrogen-bond donors (Lipinski definition) is 2. The summed E-state index contributed by atoms with van der Waals surface area (Å²) in [5.41, 5.74) is 2.06. The number of carbonyl (C=O) groups excluding carboxylic acids is 1. The van der Waals surface area contributed by atoms with Gasteiger partial charge in [0.1, 0.15) is 6.61 Å². The van der Waals surface area contributed by atoms with E-state index in [1.165, 1.54) is 0 Å². The first kappa shape index (κ1) is 17.8. The zero-order valence-corrected chi connectivity index (χ0v) is 14.3. The number of hydrogen-bond acceptors (Lipinski definition) is 4. The summed E-state index contributed by atoms with van der Waals surface area (Å²) in [7, 11) is 3.35. The molecule has 1 unspecified atom stereocenters. The van der Waals surface area contributed by atoms with Crippen LogP contribution in [0, 0.1) is 0 Å². The van der Waals surface area contributed by atoms with Crippen molar-refractivity contribution in [3.05, 3.63) is 59.7 Å². The molecule has 0 aliphatic heterocycles. The molecule has 0 heterocycles. The molecule has 0 saturated heterocycles. The van der Waals surface area contributed by atoms with Gasteiger partial charge in [-0.3, -0.25) is 4.79 Å². The van der Waals surface area contributed by atoms with Crippen LogP contribution in [0.15, 0.2) is 48.5 Å². The fourth-order valence-electron chi connectivity index (χ4n) is 2.34. The van der Waals surface area contributed by atoms with Gasteiger partial charge in [0.05, 0.1) is 19.7 Å². The molecule has 0 radical (unpaired) electrons. The molecule has 0 bridgehead atoms. The highest BCUT2D eigenvalue weighted by molar-refractivity contribution is 5.78. The van der Waals surface area contributed by atoms with Gasteiger partial charge in [-0.15, -0.1) is 0 Å². The first-order valence-corrected chi connectivity index (χ1v) is 7.92. The van der Waals surface area contributed by atoms with Crippen molar-refractivity contribution in [2.75, 3.05) is 20.7 Å². The van der Waals surface area contributed by atoms with Gasteiger partial charge in [-0.1, -0.05) is 36.4 Å². The van der Waals surface area contributed by atoms with Gasteiger partial charge in [-0.25, -0.2) is 0 Å². The van der Waals surface area contributed by atoms with Crippen LogP contribution in [0.1, 0.15) is 24.1 Å². The molecular formula is C19H24N2O3. The first-order valence-electron chi connectivity index (χ1n) is 7.92. The number of methoxy groups -OCH3 is 1. The van der Waals surface area contributed by atoms with E-state index in [0.717, 1.165) is 11.1 Å². The summed E-state index contributed by atoms with van der Waals surface area (Å²) in [5, 5.41) is 5.76.